The molecule has 4 heterocycles. The lowest BCUT2D eigenvalue weighted by Crippen LogP contribution is -2.58. The Balaban J connectivity index is 1.20. The highest BCUT2D eigenvalue weighted by molar-refractivity contribution is 5.97. The standard InChI is InChI=1S/C21H33N5O4/c1-23-15-17(14-22-23)26-7-2-5-19(21(26)28)24-8-10-25(11-9-24)20(27)6-13-29-16-18-4-3-12-30-18/h14-15,18-19H,2-13,16H2,1H3/t18-,19-/m0/s1. The van der Waals surface area contributed by atoms with Crippen LogP contribution in [0.4, 0.5) is 5.69 Å². The monoisotopic (exact) mass is 419 g/mol. The molecular weight excluding hydrogens is 386 g/mol. The zero-order chi connectivity index (χ0) is 20.9. The van der Waals surface area contributed by atoms with E-state index in [-0.39, 0.29) is 24.0 Å². The van der Waals surface area contributed by atoms with Crippen LogP contribution in [0.5, 0.6) is 0 Å². The van der Waals surface area contributed by atoms with Gasteiger partial charge in [0.25, 0.3) is 0 Å². The number of amides is 2. The first-order valence-electron chi connectivity index (χ1n) is 11.1. The molecule has 0 N–H and O–H groups in total. The van der Waals surface area contributed by atoms with E-state index in [1.165, 1.54) is 0 Å². The van der Waals surface area contributed by atoms with Gasteiger partial charge < -0.3 is 19.3 Å². The van der Waals surface area contributed by atoms with Crippen molar-refractivity contribution in [2.45, 2.75) is 44.2 Å². The van der Waals surface area contributed by atoms with Gasteiger partial charge in [-0.25, -0.2) is 0 Å². The Kier molecular flexibility index (Phi) is 7.01. The minimum absolute atomic E-state index is 0.106. The first-order chi connectivity index (χ1) is 14.6. The van der Waals surface area contributed by atoms with E-state index in [4.69, 9.17) is 9.47 Å². The molecule has 0 bridgehead atoms. The molecule has 2 amide bonds. The normalized spacial score (nSPS) is 25.8. The number of aryl methyl sites for hydroxylation is 1. The van der Waals surface area contributed by atoms with Gasteiger partial charge in [0.1, 0.15) is 0 Å². The van der Waals surface area contributed by atoms with E-state index in [1.54, 1.807) is 10.9 Å². The van der Waals surface area contributed by atoms with Crippen LogP contribution in [0, 0.1) is 0 Å². The van der Waals surface area contributed by atoms with Crippen LogP contribution in [0.15, 0.2) is 12.4 Å². The average molecular weight is 420 g/mol. The molecule has 0 saturated carbocycles. The molecule has 3 fully saturated rings. The largest absolute Gasteiger partial charge is 0.378 e. The van der Waals surface area contributed by atoms with E-state index < -0.39 is 0 Å². The number of nitrogens with zero attached hydrogens (tertiary/aromatic N) is 5. The van der Waals surface area contributed by atoms with Crippen LogP contribution in [-0.4, -0.2) is 96.1 Å². The van der Waals surface area contributed by atoms with Gasteiger partial charge in [-0.1, -0.05) is 0 Å². The molecule has 1 aromatic rings. The molecule has 3 aliphatic rings. The molecule has 4 rings (SSSR count). The number of carbonyl (C=O) groups excluding carboxylic acids is 2. The van der Waals surface area contributed by atoms with Crippen LogP contribution < -0.4 is 4.90 Å². The van der Waals surface area contributed by atoms with Crippen molar-refractivity contribution in [3.63, 3.8) is 0 Å². The van der Waals surface area contributed by atoms with E-state index >= 15 is 0 Å². The highest BCUT2D eigenvalue weighted by Crippen LogP contribution is 2.24. The number of hydrogen-bond donors (Lipinski definition) is 0. The summed E-state index contributed by atoms with van der Waals surface area (Å²) in [7, 11) is 1.86. The summed E-state index contributed by atoms with van der Waals surface area (Å²) in [5, 5.41) is 4.19. The van der Waals surface area contributed by atoms with Crippen LogP contribution in [0.3, 0.4) is 0 Å². The highest BCUT2D eigenvalue weighted by atomic mass is 16.5. The van der Waals surface area contributed by atoms with Gasteiger partial charge in [0.05, 0.1) is 43.7 Å². The van der Waals surface area contributed by atoms with Gasteiger partial charge in [0.2, 0.25) is 11.8 Å². The summed E-state index contributed by atoms with van der Waals surface area (Å²) in [6.45, 7) is 5.40. The summed E-state index contributed by atoms with van der Waals surface area (Å²) in [5.74, 6) is 0.283. The number of carbonyl (C=O) groups is 2. The fourth-order valence-electron chi connectivity index (χ4n) is 4.59. The van der Waals surface area contributed by atoms with Crippen molar-refractivity contribution in [1.82, 2.24) is 19.6 Å². The first-order valence-corrected chi connectivity index (χ1v) is 11.1. The number of piperidine rings is 1. The molecule has 30 heavy (non-hydrogen) atoms. The Labute approximate surface area is 177 Å². The molecular formula is C21H33N5O4. The number of aromatic nitrogens is 2. The van der Waals surface area contributed by atoms with Crippen LogP contribution in [-0.2, 0) is 26.1 Å². The maximum Gasteiger partial charge on any atom is 0.244 e. The molecule has 3 aliphatic heterocycles. The molecule has 166 valence electrons. The lowest BCUT2D eigenvalue weighted by atomic mass is 10.0. The van der Waals surface area contributed by atoms with Gasteiger partial charge in [-0.2, -0.15) is 5.10 Å². The van der Waals surface area contributed by atoms with Crippen molar-refractivity contribution in [3.8, 4) is 0 Å². The second-order valence-corrected chi connectivity index (χ2v) is 8.40. The topological polar surface area (TPSA) is 80.1 Å². The van der Waals surface area contributed by atoms with Crippen molar-refractivity contribution in [1.29, 1.82) is 0 Å². The lowest BCUT2D eigenvalue weighted by Gasteiger charge is -2.42. The summed E-state index contributed by atoms with van der Waals surface area (Å²) < 4.78 is 12.9. The van der Waals surface area contributed by atoms with E-state index in [2.05, 4.69) is 10.00 Å². The van der Waals surface area contributed by atoms with E-state index in [0.29, 0.717) is 32.7 Å². The average Bonchev–Trinajstić information content (AvgIpc) is 3.43. The van der Waals surface area contributed by atoms with Gasteiger partial charge in [-0.3, -0.25) is 19.2 Å². The van der Waals surface area contributed by atoms with E-state index in [0.717, 1.165) is 57.6 Å². The summed E-state index contributed by atoms with van der Waals surface area (Å²) >= 11 is 0. The fourth-order valence-corrected chi connectivity index (χ4v) is 4.59. The SMILES string of the molecule is Cn1cc(N2CCC[C@H](N3CCN(C(=O)CCOC[C@@H]4CCCO4)CC3)C2=O)cn1. The number of hydrogen-bond acceptors (Lipinski definition) is 6. The number of rotatable bonds is 7. The Bertz CT molecular complexity index is 725. The Morgan fingerprint density at radius 2 is 2.03 bits per heavy atom. The Morgan fingerprint density at radius 3 is 2.73 bits per heavy atom. The van der Waals surface area contributed by atoms with Crippen molar-refractivity contribution in [2.75, 3.05) is 57.4 Å². The summed E-state index contributed by atoms with van der Waals surface area (Å²) in [5.41, 5.74) is 0.865. The maximum absolute atomic E-state index is 13.1. The summed E-state index contributed by atoms with van der Waals surface area (Å²) in [6, 6.07) is -0.106. The first kappa shape index (κ1) is 21.3. The minimum Gasteiger partial charge on any atom is -0.378 e. The van der Waals surface area contributed by atoms with Gasteiger partial charge in [-0.05, 0) is 25.7 Å². The second-order valence-electron chi connectivity index (χ2n) is 8.40. The van der Waals surface area contributed by atoms with Crippen molar-refractivity contribution in [2.24, 2.45) is 7.05 Å². The number of ether oxygens (including phenoxy) is 2. The lowest BCUT2D eigenvalue weighted by molar-refractivity contribution is -0.135. The zero-order valence-corrected chi connectivity index (χ0v) is 17.9. The molecule has 0 unspecified atom stereocenters. The summed E-state index contributed by atoms with van der Waals surface area (Å²) in [4.78, 5) is 31.6. The number of piperazine rings is 1. The maximum atomic E-state index is 13.1. The molecule has 0 spiro atoms. The molecule has 9 nitrogen and oxygen atoms in total. The highest BCUT2D eigenvalue weighted by Gasteiger charge is 2.36. The second kappa shape index (κ2) is 9.89. The van der Waals surface area contributed by atoms with Crippen LogP contribution in [0.1, 0.15) is 32.1 Å². The van der Waals surface area contributed by atoms with E-state index in [9.17, 15) is 9.59 Å². The molecule has 2 atom stereocenters. The molecule has 0 aliphatic carbocycles. The van der Waals surface area contributed by atoms with Crippen LogP contribution in [0.25, 0.3) is 0 Å². The third kappa shape index (κ3) is 5.01. The molecule has 9 heteroatoms. The van der Waals surface area contributed by atoms with Gasteiger partial charge >= 0.3 is 0 Å². The fraction of sp³-hybridized carbons (Fsp3) is 0.762. The van der Waals surface area contributed by atoms with Crippen molar-refractivity contribution >= 4 is 17.5 Å². The molecule has 1 aromatic heterocycles. The Hall–Kier alpha value is -1.97. The quantitative estimate of drug-likeness (QED) is 0.604. The predicted octanol–water partition coefficient (Wildman–Crippen LogP) is 0.645. The van der Waals surface area contributed by atoms with Gasteiger partial charge in [0, 0.05) is 52.6 Å². The van der Waals surface area contributed by atoms with Crippen LogP contribution >= 0.6 is 0 Å². The summed E-state index contributed by atoms with van der Waals surface area (Å²) in [6.07, 6.45) is 8.24. The van der Waals surface area contributed by atoms with Gasteiger partial charge in [-0.15, -0.1) is 0 Å². The smallest absolute Gasteiger partial charge is 0.244 e. The molecule has 0 radical (unpaired) electrons. The Morgan fingerprint density at radius 1 is 1.20 bits per heavy atom. The number of anilines is 1. The third-order valence-electron chi connectivity index (χ3n) is 6.31. The third-order valence-corrected chi connectivity index (χ3v) is 6.31. The molecule has 3 saturated heterocycles. The molecule has 0 aromatic carbocycles. The van der Waals surface area contributed by atoms with Crippen molar-refractivity contribution in [3.05, 3.63) is 12.4 Å². The van der Waals surface area contributed by atoms with Crippen LogP contribution in [0.2, 0.25) is 0 Å². The van der Waals surface area contributed by atoms with E-state index in [1.807, 2.05) is 23.0 Å². The van der Waals surface area contributed by atoms with Gasteiger partial charge in [0.15, 0.2) is 0 Å². The van der Waals surface area contributed by atoms with Crippen molar-refractivity contribution < 1.29 is 19.1 Å². The zero-order valence-electron chi connectivity index (χ0n) is 17.9. The minimum atomic E-state index is -0.106. The predicted molar refractivity (Wildman–Crippen MR) is 111 cm³/mol.